The molecule has 0 atom stereocenters. The van der Waals surface area contributed by atoms with Crippen molar-refractivity contribution in [1.29, 1.82) is 0 Å². The summed E-state index contributed by atoms with van der Waals surface area (Å²) in [4.78, 5) is 2.60. The molecule has 4 aliphatic carbocycles. The van der Waals surface area contributed by atoms with E-state index >= 15 is 0 Å². The molecule has 13 rings (SSSR count). The fraction of sp³-hybridized carbons (Fsp3) is 0.143. The summed E-state index contributed by atoms with van der Waals surface area (Å²) >= 11 is 0. The van der Waals surface area contributed by atoms with E-state index in [4.69, 9.17) is 0 Å². The van der Waals surface area contributed by atoms with E-state index in [1.165, 1.54) is 126 Å². The maximum atomic E-state index is 2.60. The van der Waals surface area contributed by atoms with Gasteiger partial charge in [-0.25, -0.2) is 0 Å². The zero-order valence-corrected chi connectivity index (χ0v) is 36.5. The highest BCUT2D eigenvalue weighted by Gasteiger charge is 2.48. The smallest absolute Gasteiger partial charge is 0.0714 e. The number of anilines is 3. The molecule has 0 radical (unpaired) electrons. The second-order valence-electron chi connectivity index (χ2n) is 19.1. The van der Waals surface area contributed by atoms with Gasteiger partial charge in [0, 0.05) is 27.8 Å². The minimum absolute atomic E-state index is 0.0433. The lowest BCUT2D eigenvalue weighted by Gasteiger charge is -2.34. The summed E-state index contributed by atoms with van der Waals surface area (Å²) in [5, 5.41) is 0. The second kappa shape index (κ2) is 13.9. The van der Waals surface area contributed by atoms with Crippen LogP contribution < -0.4 is 4.90 Å². The predicted molar refractivity (Wildman–Crippen MR) is 266 cm³/mol. The van der Waals surface area contributed by atoms with Gasteiger partial charge < -0.3 is 4.90 Å². The third-order valence-corrected chi connectivity index (χ3v) is 15.7. The molecular formula is C63H49N. The summed E-state index contributed by atoms with van der Waals surface area (Å²) in [6, 6.07) is 80.6. The fourth-order valence-corrected chi connectivity index (χ4v) is 13.1. The zero-order chi connectivity index (χ0) is 42.6. The van der Waals surface area contributed by atoms with E-state index in [1.807, 2.05) is 0 Å². The van der Waals surface area contributed by atoms with Crippen molar-refractivity contribution in [1.82, 2.24) is 0 Å². The molecule has 4 aliphatic rings. The van der Waals surface area contributed by atoms with Gasteiger partial charge in [0.2, 0.25) is 0 Å². The molecule has 0 aromatic heterocycles. The van der Waals surface area contributed by atoms with Crippen molar-refractivity contribution in [2.45, 2.75) is 55.8 Å². The Balaban J connectivity index is 1.08. The Bertz CT molecular complexity index is 3270. The fourth-order valence-electron chi connectivity index (χ4n) is 13.1. The minimum atomic E-state index is -0.503. The number of hydrogen-bond donors (Lipinski definition) is 0. The lowest BCUT2D eigenvalue weighted by Crippen LogP contribution is -2.28. The highest BCUT2D eigenvalue weighted by molar-refractivity contribution is 5.99. The standard InChI is InChI=1S/C63H49N/c1-61(2)53-31-12-9-27-49(53)51-30-18-29-47(60(51)61)42-20-17-25-45(40-42)64(46-36-37-50-48-26-10-13-32-54(48)62(57(50)41-46)38-15-16-39-62)58-35-19-34-56-59(58)52-28-11-14-33-55(52)63(56,43-21-5-3-6-22-43)44-23-7-4-8-24-44/h3-14,17-37,40-41H,15-16,38-39H2,1-2H3. The molecule has 9 aromatic carbocycles. The van der Waals surface area contributed by atoms with Gasteiger partial charge in [-0.15, -0.1) is 0 Å². The summed E-state index contributed by atoms with van der Waals surface area (Å²) in [5.74, 6) is 0. The Labute approximate surface area is 377 Å². The number of benzene rings is 9. The van der Waals surface area contributed by atoms with E-state index in [2.05, 4.69) is 231 Å². The third kappa shape index (κ3) is 5.01. The van der Waals surface area contributed by atoms with E-state index in [0.717, 1.165) is 5.69 Å². The number of hydrogen-bond acceptors (Lipinski definition) is 1. The van der Waals surface area contributed by atoms with Crippen LogP contribution in [0.5, 0.6) is 0 Å². The Kier molecular flexibility index (Phi) is 8.10. The Morgan fingerprint density at radius 2 is 0.906 bits per heavy atom. The quantitative estimate of drug-likeness (QED) is 0.162. The average Bonchev–Trinajstić information content (AvgIpc) is 4.10. The van der Waals surface area contributed by atoms with Crippen LogP contribution in [0.3, 0.4) is 0 Å². The maximum absolute atomic E-state index is 2.60. The summed E-state index contributed by atoms with van der Waals surface area (Å²) in [6.45, 7) is 4.80. The molecular weight excluding hydrogens is 771 g/mol. The van der Waals surface area contributed by atoms with E-state index in [1.54, 1.807) is 0 Å². The van der Waals surface area contributed by atoms with Gasteiger partial charge in [-0.1, -0.05) is 209 Å². The van der Waals surface area contributed by atoms with Gasteiger partial charge >= 0.3 is 0 Å². The molecule has 0 aliphatic heterocycles. The molecule has 1 saturated carbocycles. The molecule has 0 heterocycles. The van der Waals surface area contributed by atoms with Crippen molar-refractivity contribution in [2.75, 3.05) is 4.90 Å². The van der Waals surface area contributed by atoms with Crippen LogP contribution in [-0.2, 0) is 16.2 Å². The monoisotopic (exact) mass is 819 g/mol. The van der Waals surface area contributed by atoms with Gasteiger partial charge in [0.1, 0.15) is 0 Å². The first kappa shape index (κ1) is 37.3. The molecule has 9 aromatic rings. The van der Waals surface area contributed by atoms with E-state index < -0.39 is 5.41 Å². The summed E-state index contributed by atoms with van der Waals surface area (Å²) in [6.07, 6.45) is 4.90. The molecule has 0 amide bonds. The maximum Gasteiger partial charge on any atom is 0.0714 e. The van der Waals surface area contributed by atoms with Gasteiger partial charge in [-0.3, -0.25) is 0 Å². The van der Waals surface area contributed by atoms with Crippen molar-refractivity contribution < 1.29 is 0 Å². The zero-order valence-electron chi connectivity index (χ0n) is 36.5. The molecule has 0 bridgehead atoms. The first-order chi connectivity index (χ1) is 31.5. The van der Waals surface area contributed by atoms with Crippen molar-refractivity contribution in [3.8, 4) is 44.5 Å². The van der Waals surface area contributed by atoms with Crippen LogP contribution in [0.4, 0.5) is 17.1 Å². The van der Waals surface area contributed by atoms with Crippen LogP contribution in [0.15, 0.2) is 212 Å². The first-order valence-electron chi connectivity index (χ1n) is 23.2. The largest absolute Gasteiger partial charge is 0.310 e. The number of rotatable bonds is 6. The van der Waals surface area contributed by atoms with Crippen LogP contribution in [0.2, 0.25) is 0 Å². The van der Waals surface area contributed by atoms with Crippen LogP contribution in [0.1, 0.15) is 84.0 Å². The van der Waals surface area contributed by atoms with Gasteiger partial charge in [-0.05, 0) is 127 Å². The van der Waals surface area contributed by atoms with Crippen LogP contribution in [0.25, 0.3) is 44.5 Å². The molecule has 1 fully saturated rings. The average molecular weight is 820 g/mol. The third-order valence-electron chi connectivity index (χ3n) is 15.7. The molecule has 64 heavy (non-hydrogen) atoms. The number of fused-ring (bicyclic) bond motifs is 11. The Hall–Kier alpha value is -7.22. The van der Waals surface area contributed by atoms with Crippen molar-refractivity contribution in [3.05, 3.63) is 257 Å². The molecule has 1 nitrogen and oxygen atoms in total. The predicted octanol–water partition coefficient (Wildman–Crippen LogP) is 16.3. The second-order valence-corrected chi connectivity index (χ2v) is 19.1. The number of nitrogens with zero attached hydrogens (tertiary/aromatic N) is 1. The van der Waals surface area contributed by atoms with Crippen LogP contribution >= 0.6 is 0 Å². The van der Waals surface area contributed by atoms with Crippen molar-refractivity contribution in [3.63, 3.8) is 0 Å². The first-order valence-corrected chi connectivity index (χ1v) is 23.2. The lowest BCUT2D eigenvalue weighted by atomic mass is 9.68. The molecule has 0 N–H and O–H groups in total. The molecule has 1 heteroatoms. The minimum Gasteiger partial charge on any atom is -0.310 e. The Morgan fingerprint density at radius 3 is 1.64 bits per heavy atom. The van der Waals surface area contributed by atoms with Crippen LogP contribution in [-0.4, -0.2) is 0 Å². The van der Waals surface area contributed by atoms with E-state index in [0.29, 0.717) is 0 Å². The topological polar surface area (TPSA) is 3.24 Å². The summed E-state index contributed by atoms with van der Waals surface area (Å²) in [5.41, 5.74) is 24.5. The molecule has 0 unspecified atom stereocenters. The van der Waals surface area contributed by atoms with E-state index in [9.17, 15) is 0 Å². The summed E-state index contributed by atoms with van der Waals surface area (Å²) in [7, 11) is 0. The van der Waals surface area contributed by atoms with Gasteiger partial charge in [0.25, 0.3) is 0 Å². The normalized spacial score (nSPS) is 16.1. The van der Waals surface area contributed by atoms with Gasteiger partial charge in [-0.2, -0.15) is 0 Å². The summed E-state index contributed by atoms with van der Waals surface area (Å²) < 4.78 is 0. The van der Waals surface area contributed by atoms with Crippen molar-refractivity contribution >= 4 is 17.1 Å². The van der Waals surface area contributed by atoms with Gasteiger partial charge in [0.15, 0.2) is 0 Å². The van der Waals surface area contributed by atoms with E-state index in [-0.39, 0.29) is 10.8 Å². The van der Waals surface area contributed by atoms with Crippen molar-refractivity contribution in [2.24, 2.45) is 0 Å². The van der Waals surface area contributed by atoms with Crippen LogP contribution in [0, 0.1) is 0 Å². The Morgan fingerprint density at radius 1 is 0.375 bits per heavy atom. The molecule has 306 valence electrons. The lowest BCUT2D eigenvalue weighted by molar-refractivity contribution is 0.550. The highest BCUT2D eigenvalue weighted by Crippen LogP contribution is 2.62. The highest BCUT2D eigenvalue weighted by atomic mass is 15.1. The molecule has 0 saturated heterocycles. The molecule has 1 spiro atoms. The SMILES string of the molecule is CC1(C)c2ccccc2-c2cccc(-c3cccc(N(c4ccc5c(c4)C4(CCCC4)c4ccccc4-5)c4cccc5c4-c4ccccc4C5(c4ccccc4)c4ccccc4)c3)c21. The van der Waals surface area contributed by atoms with Gasteiger partial charge in [0.05, 0.1) is 11.1 Å².